The number of piperidine rings is 1. The molecular formula is C21H25ClN2O3. The van der Waals surface area contributed by atoms with E-state index in [-0.39, 0.29) is 24.2 Å². The minimum Gasteiger partial charge on any atom is -0.481 e. The molecule has 144 valence electrons. The molecule has 1 heterocycles. The van der Waals surface area contributed by atoms with Crippen molar-refractivity contribution >= 4 is 30.0 Å². The molecule has 0 spiro atoms. The van der Waals surface area contributed by atoms with Crippen LogP contribution in [0.2, 0.25) is 0 Å². The van der Waals surface area contributed by atoms with Gasteiger partial charge in [0.1, 0.15) is 0 Å². The fraction of sp³-hybridized carbons (Fsp3) is 0.333. The fourth-order valence-electron chi connectivity index (χ4n) is 3.31. The fourth-order valence-corrected chi connectivity index (χ4v) is 3.31. The van der Waals surface area contributed by atoms with Crippen LogP contribution in [0.5, 0.6) is 0 Å². The first-order valence-electron chi connectivity index (χ1n) is 8.98. The van der Waals surface area contributed by atoms with Gasteiger partial charge in [-0.3, -0.25) is 14.5 Å². The number of benzene rings is 2. The van der Waals surface area contributed by atoms with E-state index < -0.39 is 5.97 Å². The van der Waals surface area contributed by atoms with Gasteiger partial charge in [-0.1, -0.05) is 48.5 Å². The number of anilines is 1. The molecule has 0 radical (unpaired) electrons. The van der Waals surface area contributed by atoms with Crippen LogP contribution in [0.1, 0.15) is 18.4 Å². The van der Waals surface area contributed by atoms with Crippen molar-refractivity contribution in [3.63, 3.8) is 0 Å². The third-order valence-corrected chi connectivity index (χ3v) is 4.85. The molecule has 1 aliphatic rings. The van der Waals surface area contributed by atoms with Gasteiger partial charge in [-0.2, -0.15) is 0 Å². The zero-order chi connectivity index (χ0) is 18.4. The Balaban J connectivity index is 0.00000261. The SMILES string of the molecule is Cl.O=C(O)C1CCN(CC(=O)N(Cc2ccccc2)c2ccccc2)CC1. The normalized spacial score (nSPS) is 15.0. The number of carboxylic acids is 1. The predicted molar refractivity (Wildman–Crippen MR) is 108 cm³/mol. The van der Waals surface area contributed by atoms with Crippen LogP contribution in [0.3, 0.4) is 0 Å². The van der Waals surface area contributed by atoms with E-state index in [1.165, 1.54) is 0 Å². The molecule has 1 amide bonds. The van der Waals surface area contributed by atoms with Gasteiger partial charge in [0, 0.05) is 5.69 Å². The molecule has 2 aromatic carbocycles. The van der Waals surface area contributed by atoms with Gasteiger partial charge in [-0.25, -0.2) is 0 Å². The second-order valence-corrected chi connectivity index (χ2v) is 6.69. The molecule has 27 heavy (non-hydrogen) atoms. The van der Waals surface area contributed by atoms with Crippen LogP contribution in [0, 0.1) is 5.92 Å². The molecule has 5 nitrogen and oxygen atoms in total. The van der Waals surface area contributed by atoms with E-state index >= 15 is 0 Å². The highest BCUT2D eigenvalue weighted by molar-refractivity contribution is 5.94. The molecule has 0 saturated carbocycles. The number of para-hydroxylation sites is 1. The Morgan fingerprint density at radius 1 is 0.963 bits per heavy atom. The average Bonchev–Trinajstić information content (AvgIpc) is 2.68. The van der Waals surface area contributed by atoms with Gasteiger partial charge in [0.25, 0.3) is 0 Å². The molecule has 2 aromatic rings. The average molecular weight is 389 g/mol. The summed E-state index contributed by atoms with van der Waals surface area (Å²) in [6, 6.07) is 19.6. The lowest BCUT2D eigenvalue weighted by Crippen LogP contribution is -2.44. The van der Waals surface area contributed by atoms with Crippen LogP contribution < -0.4 is 4.90 Å². The first-order chi connectivity index (χ1) is 12.6. The summed E-state index contributed by atoms with van der Waals surface area (Å²) >= 11 is 0. The van der Waals surface area contributed by atoms with Crippen LogP contribution in [-0.4, -0.2) is 41.5 Å². The summed E-state index contributed by atoms with van der Waals surface area (Å²) in [5.74, 6) is -0.976. The maximum Gasteiger partial charge on any atom is 0.306 e. The lowest BCUT2D eigenvalue weighted by molar-refractivity contribution is -0.143. The van der Waals surface area contributed by atoms with Gasteiger partial charge < -0.3 is 10.0 Å². The van der Waals surface area contributed by atoms with Crippen LogP contribution in [0.4, 0.5) is 5.69 Å². The molecule has 1 saturated heterocycles. The number of rotatable bonds is 6. The highest BCUT2D eigenvalue weighted by Crippen LogP contribution is 2.20. The van der Waals surface area contributed by atoms with Gasteiger partial charge >= 0.3 is 5.97 Å². The van der Waals surface area contributed by atoms with Crippen molar-refractivity contribution in [1.29, 1.82) is 0 Å². The summed E-state index contributed by atoms with van der Waals surface area (Å²) in [6.07, 6.45) is 1.21. The Kier molecular flexibility index (Phi) is 7.82. The van der Waals surface area contributed by atoms with Crippen molar-refractivity contribution in [2.75, 3.05) is 24.5 Å². The van der Waals surface area contributed by atoms with Crippen LogP contribution in [-0.2, 0) is 16.1 Å². The summed E-state index contributed by atoms with van der Waals surface area (Å²) in [5, 5.41) is 9.11. The van der Waals surface area contributed by atoms with Crippen molar-refractivity contribution < 1.29 is 14.7 Å². The second-order valence-electron chi connectivity index (χ2n) is 6.69. The smallest absolute Gasteiger partial charge is 0.306 e. The van der Waals surface area contributed by atoms with E-state index in [0.29, 0.717) is 39.0 Å². The number of likely N-dealkylation sites (tertiary alicyclic amines) is 1. The number of carbonyl (C=O) groups is 2. The number of carboxylic acid groups (broad SMARTS) is 1. The first-order valence-corrected chi connectivity index (χ1v) is 8.98. The van der Waals surface area contributed by atoms with E-state index in [9.17, 15) is 9.59 Å². The third-order valence-electron chi connectivity index (χ3n) is 4.85. The second kappa shape index (κ2) is 10.1. The Morgan fingerprint density at radius 2 is 1.52 bits per heavy atom. The van der Waals surface area contributed by atoms with Gasteiger partial charge in [-0.15, -0.1) is 12.4 Å². The number of hydrogen-bond donors (Lipinski definition) is 1. The number of hydrogen-bond acceptors (Lipinski definition) is 3. The lowest BCUT2D eigenvalue weighted by Gasteiger charge is -2.32. The largest absolute Gasteiger partial charge is 0.481 e. The quantitative estimate of drug-likeness (QED) is 0.823. The third kappa shape index (κ3) is 5.81. The highest BCUT2D eigenvalue weighted by atomic mass is 35.5. The van der Waals surface area contributed by atoms with Crippen molar-refractivity contribution in [1.82, 2.24) is 4.90 Å². The molecule has 1 fully saturated rings. The van der Waals surface area contributed by atoms with Crippen LogP contribution >= 0.6 is 12.4 Å². The lowest BCUT2D eigenvalue weighted by atomic mass is 9.97. The Bertz CT molecular complexity index is 732. The molecule has 0 unspecified atom stereocenters. The van der Waals surface area contributed by atoms with Crippen molar-refractivity contribution in [2.24, 2.45) is 5.92 Å². The molecule has 3 rings (SSSR count). The zero-order valence-electron chi connectivity index (χ0n) is 15.2. The Hall–Kier alpha value is -2.37. The maximum atomic E-state index is 13.0. The van der Waals surface area contributed by atoms with E-state index in [1.54, 1.807) is 4.90 Å². The molecule has 0 bridgehead atoms. The summed E-state index contributed by atoms with van der Waals surface area (Å²) in [6.45, 7) is 2.14. The summed E-state index contributed by atoms with van der Waals surface area (Å²) in [7, 11) is 0. The van der Waals surface area contributed by atoms with Crippen molar-refractivity contribution in [3.8, 4) is 0 Å². The van der Waals surface area contributed by atoms with E-state index in [1.807, 2.05) is 60.7 Å². The van der Waals surface area contributed by atoms with Gasteiger partial charge in [0.15, 0.2) is 0 Å². The van der Waals surface area contributed by atoms with E-state index in [0.717, 1.165) is 11.3 Å². The molecule has 0 aromatic heterocycles. The molecular weight excluding hydrogens is 364 g/mol. The zero-order valence-corrected chi connectivity index (χ0v) is 16.0. The minimum absolute atomic E-state index is 0. The van der Waals surface area contributed by atoms with Gasteiger partial charge in [-0.05, 0) is 43.6 Å². The number of aliphatic carboxylic acids is 1. The molecule has 0 atom stereocenters. The van der Waals surface area contributed by atoms with E-state index in [4.69, 9.17) is 5.11 Å². The molecule has 0 aliphatic carbocycles. The van der Waals surface area contributed by atoms with Gasteiger partial charge in [0.05, 0.1) is 19.0 Å². The topological polar surface area (TPSA) is 60.9 Å². The van der Waals surface area contributed by atoms with Crippen LogP contribution in [0.15, 0.2) is 60.7 Å². The number of carbonyl (C=O) groups excluding carboxylic acids is 1. The van der Waals surface area contributed by atoms with Crippen molar-refractivity contribution in [3.05, 3.63) is 66.2 Å². The Labute approximate surface area is 166 Å². The van der Waals surface area contributed by atoms with Crippen molar-refractivity contribution in [2.45, 2.75) is 19.4 Å². The van der Waals surface area contributed by atoms with Crippen LogP contribution in [0.25, 0.3) is 0 Å². The summed E-state index contributed by atoms with van der Waals surface area (Å²) < 4.78 is 0. The molecule has 6 heteroatoms. The maximum absolute atomic E-state index is 13.0. The number of halogens is 1. The minimum atomic E-state index is -0.731. The molecule has 1 N–H and O–H groups in total. The molecule has 1 aliphatic heterocycles. The first kappa shape index (κ1) is 20.9. The predicted octanol–water partition coefficient (Wildman–Crippen LogP) is 3.44. The van der Waals surface area contributed by atoms with Gasteiger partial charge in [0.2, 0.25) is 5.91 Å². The number of amides is 1. The highest BCUT2D eigenvalue weighted by Gasteiger charge is 2.27. The monoisotopic (exact) mass is 388 g/mol. The number of nitrogens with zero attached hydrogens (tertiary/aromatic N) is 2. The Morgan fingerprint density at radius 3 is 2.07 bits per heavy atom. The van der Waals surface area contributed by atoms with E-state index in [2.05, 4.69) is 4.90 Å². The standard InChI is InChI=1S/C21H24N2O3.ClH/c24-20(16-22-13-11-18(12-14-22)21(25)26)23(19-9-5-2-6-10-19)15-17-7-3-1-4-8-17;/h1-10,18H,11-16H2,(H,25,26);1H. The summed E-state index contributed by atoms with van der Waals surface area (Å²) in [5.41, 5.74) is 1.95. The summed E-state index contributed by atoms with van der Waals surface area (Å²) in [4.78, 5) is 27.9.